The molecular formula is C15H18N2O2. The van der Waals surface area contributed by atoms with Crippen LogP contribution in [-0.2, 0) is 0 Å². The molecule has 0 atom stereocenters. The first-order valence-electron chi connectivity index (χ1n) is 6.39. The average molecular weight is 258 g/mol. The first-order chi connectivity index (χ1) is 9.06. The van der Waals surface area contributed by atoms with Gasteiger partial charge >= 0.3 is 6.03 Å². The van der Waals surface area contributed by atoms with Crippen LogP contribution in [0.25, 0.3) is 0 Å². The van der Waals surface area contributed by atoms with Gasteiger partial charge in [0, 0.05) is 24.3 Å². The maximum atomic E-state index is 12.1. The van der Waals surface area contributed by atoms with Gasteiger partial charge in [0.05, 0.1) is 0 Å². The number of nitrogens with one attached hydrogen (secondary N) is 1. The molecule has 19 heavy (non-hydrogen) atoms. The van der Waals surface area contributed by atoms with E-state index < -0.39 is 0 Å². The monoisotopic (exact) mass is 258 g/mol. The largest absolute Gasteiger partial charge is 0.322 e. The third-order valence-electron chi connectivity index (χ3n) is 3.16. The molecule has 0 radical (unpaired) electrons. The van der Waals surface area contributed by atoms with Crippen LogP contribution >= 0.6 is 0 Å². The molecule has 0 aromatic heterocycles. The summed E-state index contributed by atoms with van der Waals surface area (Å²) in [6.45, 7) is 4.98. The Kier molecular flexibility index (Phi) is 4.00. The molecule has 0 aliphatic carbocycles. The number of rotatable bonds is 2. The molecule has 4 nitrogen and oxygen atoms in total. The molecule has 1 aliphatic rings. The molecule has 0 spiro atoms. The zero-order chi connectivity index (χ0) is 13.8. The number of urea groups is 1. The van der Waals surface area contributed by atoms with Crippen LogP contribution in [0.15, 0.2) is 35.9 Å². The number of carbonyl (C=O) groups is 2. The van der Waals surface area contributed by atoms with Gasteiger partial charge in [0.25, 0.3) is 0 Å². The molecule has 1 aromatic carbocycles. The Hall–Kier alpha value is -2.10. The Morgan fingerprint density at radius 3 is 2.47 bits per heavy atom. The Morgan fingerprint density at radius 1 is 1.21 bits per heavy atom. The highest BCUT2D eigenvalue weighted by atomic mass is 16.2. The lowest BCUT2D eigenvalue weighted by atomic mass is 10.1. The van der Waals surface area contributed by atoms with Gasteiger partial charge in [-0.05, 0) is 44.5 Å². The van der Waals surface area contributed by atoms with E-state index in [-0.39, 0.29) is 11.8 Å². The SMILES string of the molecule is CC(=O)c1ccc(NC(=O)N2CCC=C(C)C2)cc1. The van der Waals surface area contributed by atoms with Crippen molar-refractivity contribution in [1.82, 2.24) is 4.90 Å². The summed E-state index contributed by atoms with van der Waals surface area (Å²) in [6.07, 6.45) is 3.06. The molecule has 1 heterocycles. The Morgan fingerprint density at radius 2 is 1.89 bits per heavy atom. The fraction of sp³-hybridized carbons (Fsp3) is 0.333. The van der Waals surface area contributed by atoms with Crippen molar-refractivity contribution in [1.29, 1.82) is 0 Å². The van der Waals surface area contributed by atoms with Crippen LogP contribution in [0.4, 0.5) is 10.5 Å². The Bertz CT molecular complexity index is 517. The molecule has 0 unspecified atom stereocenters. The van der Waals surface area contributed by atoms with Gasteiger partial charge in [-0.1, -0.05) is 11.6 Å². The number of hydrogen-bond acceptors (Lipinski definition) is 2. The van der Waals surface area contributed by atoms with Crippen LogP contribution in [0.3, 0.4) is 0 Å². The van der Waals surface area contributed by atoms with Gasteiger partial charge in [0.2, 0.25) is 0 Å². The van der Waals surface area contributed by atoms with Gasteiger partial charge < -0.3 is 10.2 Å². The number of carbonyl (C=O) groups excluding carboxylic acids is 2. The highest BCUT2D eigenvalue weighted by Crippen LogP contribution is 2.13. The van der Waals surface area contributed by atoms with Crippen LogP contribution in [0.1, 0.15) is 30.6 Å². The summed E-state index contributed by atoms with van der Waals surface area (Å²) in [4.78, 5) is 25.0. The summed E-state index contributed by atoms with van der Waals surface area (Å²) in [5.41, 5.74) is 2.57. The maximum absolute atomic E-state index is 12.1. The van der Waals surface area contributed by atoms with Crippen molar-refractivity contribution in [2.45, 2.75) is 20.3 Å². The van der Waals surface area contributed by atoms with E-state index in [4.69, 9.17) is 0 Å². The van der Waals surface area contributed by atoms with E-state index in [0.717, 1.165) is 13.0 Å². The third-order valence-corrected chi connectivity index (χ3v) is 3.16. The van der Waals surface area contributed by atoms with Gasteiger partial charge in [-0.2, -0.15) is 0 Å². The van der Waals surface area contributed by atoms with Gasteiger partial charge in [0.15, 0.2) is 5.78 Å². The zero-order valence-electron chi connectivity index (χ0n) is 11.3. The number of hydrogen-bond donors (Lipinski definition) is 1. The molecule has 0 fully saturated rings. The van der Waals surface area contributed by atoms with E-state index >= 15 is 0 Å². The number of anilines is 1. The number of ketones is 1. The minimum atomic E-state index is -0.0944. The smallest absolute Gasteiger partial charge is 0.320 e. The maximum Gasteiger partial charge on any atom is 0.322 e. The van der Waals surface area contributed by atoms with Crippen molar-refractivity contribution in [2.24, 2.45) is 0 Å². The molecule has 0 saturated heterocycles. The first-order valence-corrected chi connectivity index (χ1v) is 6.39. The summed E-state index contributed by atoms with van der Waals surface area (Å²) in [6, 6.07) is 6.85. The van der Waals surface area contributed by atoms with E-state index in [1.165, 1.54) is 12.5 Å². The van der Waals surface area contributed by atoms with Gasteiger partial charge in [-0.25, -0.2) is 4.79 Å². The van der Waals surface area contributed by atoms with Gasteiger partial charge in [-0.3, -0.25) is 4.79 Å². The molecule has 1 aromatic rings. The van der Waals surface area contributed by atoms with Crippen molar-refractivity contribution < 1.29 is 9.59 Å². The van der Waals surface area contributed by atoms with E-state index in [1.54, 1.807) is 29.2 Å². The van der Waals surface area contributed by atoms with Crippen molar-refractivity contribution in [3.8, 4) is 0 Å². The van der Waals surface area contributed by atoms with Crippen LogP contribution < -0.4 is 5.32 Å². The topological polar surface area (TPSA) is 49.4 Å². The summed E-state index contributed by atoms with van der Waals surface area (Å²) in [5, 5.41) is 2.85. The lowest BCUT2D eigenvalue weighted by Gasteiger charge is -2.26. The van der Waals surface area contributed by atoms with E-state index in [9.17, 15) is 9.59 Å². The highest BCUT2D eigenvalue weighted by molar-refractivity contribution is 5.95. The first kappa shape index (κ1) is 13.3. The second-order valence-electron chi connectivity index (χ2n) is 4.82. The van der Waals surface area contributed by atoms with E-state index in [0.29, 0.717) is 17.8 Å². The van der Waals surface area contributed by atoms with Crippen LogP contribution in [-0.4, -0.2) is 29.8 Å². The van der Waals surface area contributed by atoms with Gasteiger partial charge in [-0.15, -0.1) is 0 Å². The van der Waals surface area contributed by atoms with Crippen molar-refractivity contribution >= 4 is 17.5 Å². The number of amides is 2. The molecule has 100 valence electrons. The van der Waals surface area contributed by atoms with Crippen molar-refractivity contribution in [2.75, 3.05) is 18.4 Å². The summed E-state index contributed by atoms with van der Waals surface area (Å²) in [5.74, 6) is 0.0228. The fourth-order valence-electron chi connectivity index (χ4n) is 2.08. The second kappa shape index (κ2) is 5.69. The molecule has 2 rings (SSSR count). The Balaban J connectivity index is 1.99. The van der Waals surface area contributed by atoms with E-state index in [1.807, 2.05) is 6.92 Å². The number of benzene rings is 1. The minimum Gasteiger partial charge on any atom is -0.320 e. The fourth-order valence-corrected chi connectivity index (χ4v) is 2.08. The summed E-state index contributed by atoms with van der Waals surface area (Å²) >= 11 is 0. The summed E-state index contributed by atoms with van der Waals surface area (Å²) < 4.78 is 0. The number of nitrogens with zero attached hydrogens (tertiary/aromatic N) is 1. The quantitative estimate of drug-likeness (QED) is 0.654. The van der Waals surface area contributed by atoms with Crippen molar-refractivity contribution in [3.63, 3.8) is 0 Å². The Labute approximate surface area is 113 Å². The zero-order valence-corrected chi connectivity index (χ0v) is 11.3. The minimum absolute atomic E-state index is 0.0228. The number of Topliss-reactive ketones (excluding diaryl/α,β-unsaturated/α-hetero) is 1. The molecule has 1 N–H and O–H groups in total. The molecular weight excluding hydrogens is 240 g/mol. The predicted octanol–water partition coefficient (Wildman–Crippen LogP) is 3.07. The molecule has 0 bridgehead atoms. The molecule has 1 aliphatic heterocycles. The lowest BCUT2D eigenvalue weighted by molar-refractivity contribution is 0.101. The van der Waals surface area contributed by atoms with Crippen LogP contribution in [0.5, 0.6) is 0 Å². The normalized spacial score (nSPS) is 14.8. The van der Waals surface area contributed by atoms with E-state index in [2.05, 4.69) is 11.4 Å². The average Bonchev–Trinajstić information content (AvgIpc) is 2.39. The third kappa shape index (κ3) is 3.44. The van der Waals surface area contributed by atoms with Crippen molar-refractivity contribution in [3.05, 3.63) is 41.5 Å². The van der Waals surface area contributed by atoms with Crippen LogP contribution in [0, 0.1) is 0 Å². The van der Waals surface area contributed by atoms with Gasteiger partial charge in [0.1, 0.15) is 0 Å². The highest BCUT2D eigenvalue weighted by Gasteiger charge is 2.16. The molecule has 4 heteroatoms. The van der Waals surface area contributed by atoms with Crippen LogP contribution in [0.2, 0.25) is 0 Å². The lowest BCUT2D eigenvalue weighted by Crippen LogP contribution is -2.38. The standard InChI is InChI=1S/C15H18N2O2/c1-11-4-3-9-17(10-11)15(19)16-14-7-5-13(6-8-14)12(2)18/h4-8H,3,9-10H2,1-2H3,(H,16,19). The second-order valence-corrected chi connectivity index (χ2v) is 4.82. The molecule has 0 saturated carbocycles. The molecule has 2 amide bonds. The predicted molar refractivity (Wildman–Crippen MR) is 75.4 cm³/mol. The summed E-state index contributed by atoms with van der Waals surface area (Å²) in [7, 11) is 0.